The fraction of sp³-hybridized carbons (Fsp3) is 0.364. The summed E-state index contributed by atoms with van der Waals surface area (Å²) in [5.41, 5.74) is 0.717. The third kappa shape index (κ3) is 2.91. The largest absolute Gasteiger partial charge is 0.770 e. The fourth-order valence-electron chi connectivity index (χ4n) is 1.73. The van der Waals surface area contributed by atoms with Gasteiger partial charge in [0.15, 0.2) is 0 Å². The first-order valence-electron chi connectivity index (χ1n) is 5.20. The van der Waals surface area contributed by atoms with E-state index in [1.807, 2.05) is 4.90 Å². The highest BCUT2D eigenvalue weighted by molar-refractivity contribution is 7.79. The average Bonchev–Trinajstić information content (AvgIpc) is 2.39. The van der Waals surface area contributed by atoms with E-state index in [2.05, 4.69) is 0 Å². The van der Waals surface area contributed by atoms with Crippen LogP contribution in [-0.4, -0.2) is 40.2 Å². The van der Waals surface area contributed by atoms with Crippen LogP contribution < -0.4 is 4.90 Å². The zero-order valence-electron chi connectivity index (χ0n) is 9.07. The maximum Gasteiger partial charge on any atom is 0.150 e. The maximum atomic E-state index is 10.8. The van der Waals surface area contributed by atoms with Crippen molar-refractivity contribution in [3.63, 3.8) is 0 Å². The number of hydrogen-bond donors (Lipinski definition) is 0. The van der Waals surface area contributed by atoms with Crippen LogP contribution in [0, 0.1) is 0 Å². The van der Waals surface area contributed by atoms with Gasteiger partial charge in [-0.05, 0) is 35.3 Å². The van der Waals surface area contributed by atoms with Crippen LogP contribution in [0.25, 0.3) is 0 Å². The van der Waals surface area contributed by atoms with Gasteiger partial charge in [0.2, 0.25) is 0 Å². The molecule has 0 spiro atoms. The van der Waals surface area contributed by atoms with Crippen LogP contribution in [-0.2, 0) is 15.8 Å². The van der Waals surface area contributed by atoms with E-state index >= 15 is 0 Å². The highest BCUT2D eigenvalue weighted by Gasteiger charge is 2.21. The van der Waals surface area contributed by atoms with Crippen LogP contribution in [0.3, 0.4) is 0 Å². The SMILES string of the molecule is O=Cc1ccc(N2CCO[C@H](S(=O)[O-])C2)cc1. The predicted molar refractivity (Wildman–Crippen MR) is 62.7 cm³/mol. The van der Waals surface area contributed by atoms with E-state index in [-0.39, 0.29) is 0 Å². The monoisotopic (exact) mass is 254 g/mol. The lowest BCUT2D eigenvalue weighted by Gasteiger charge is -2.35. The number of aldehydes is 1. The number of morpholine rings is 1. The molecule has 1 heterocycles. The summed E-state index contributed by atoms with van der Waals surface area (Å²) >= 11 is -2.22. The zero-order valence-corrected chi connectivity index (χ0v) is 9.89. The van der Waals surface area contributed by atoms with Crippen LogP contribution in [0.15, 0.2) is 24.3 Å². The van der Waals surface area contributed by atoms with E-state index in [4.69, 9.17) is 4.74 Å². The molecule has 0 bridgehead atoms. The highest BCUT2D eigenvalue weighted by Crippen LogP contribution is 2.18. The normalized spacial score (nSPS) is 22.2. The van der Waals surface area contributed by atoms with Gasteiger partial charge in [0.1, 0.15) is 11.7 Å². The Kier molecular flexibility index (Phi) is 3.88. The van der Waals surface area contributed by atoms with Crippen molar-refractivity contribution in [1.82, 2.24) is 0 Å². The molecule has 1 fully saturated rings. The Morgan fingerprint density at radius 2 is 2.12 bits per heavy atom. The molecule has 17 heavy (non-hydrogen) atoms. The van der Waals surface area contributed by atoms with Gasteiger partial charge >= 0.3 is 0 Å². The van der Waals surface area contributed by atoms with Gasteiger partial charge in [-0.1, -0.05) is 0 Å². The second kappa shape index (κ2) is 5.39. The molecule has 1 aromatic rings. The summed E-state index contributed by atoms with van der Waals surface area (Å²) < 4.78 is 26.8. The van der Waals surface area contributed by atoms with Crippen molar-refractivity contribution in [3.05, 3.63) is 29.8 Å². The van der Waals surface area contributed by atoms with E-state index in [0.717, 1.165) is 12.0 Å². The summed E-state index contributed by atoms with van der Waals surface area (Å²) in [7, 11) is 0. The topological polar surface area (TPSA) is 69.7 Å². The van der Waals surface area contributed by atoms with Crippen molar-refractivity contribution in [2.24, 2.45) is 0 Å². The second-order valence-corrected chi connectivity index (χ2v) is 4.76. The number of carbonyl (C=O) groups excluding carboxylic acids is 1. The molecular formula is C11H12NO4S-. The van der Waals surface area contributed by atoms with Crippen molar-refractivity contribution in [1.29, 1.82) is 0 Å². The minimum Gasteiger partial charge on any atom is -0.770 e. The van der Waals surface area contributed by atoms with Crippen LogP contribution in [0.4, 0.5) is 5.69 Å². The lowest BCUT2D eigenvalue weighted by molar-refractivity contribution is 0.0897. The number of nitrogens with zero attached hydrogens (tertiary/aromatic N) is 1. The quantitative estimate of drug-likeness (QED) is 0.581. The Balaban J connectivity index is 2.10. The number of ether oxygens (including phenoxy) is 1. The van der Waals surface area contributed by atoms with Crippen molar-refractivity contribution in [2.75, 3.05) is 24.6 Å². The third-order valence-electron chi connectivity index (χ3n) is 2.64. The summed E-state index contributed by atoms with van der Waals surface area (Å²) in [4.78, 5) is 12.4. The first-order chi connectivity index (χ1) is 8.20. The molecule has 5 nitrogen and oxygen atoms in total. The Bertz CT molecular complexity index is 420. The molecule has 1 aliphatic rings. The lowest BCUT2D eigenvalue weighted by atomic mass is 10.2. The van der Waals surface area contributed by atoms with Crippen LogP contribution >= 0.6 is 0 Å². The highest BCUT2D eigenvalue weighted by atomic mass is 32.2. The number of carbonyl (C=O) groups is 1. The third-order valence-corrected chi connectivity index (χ3v) is 3.36. The van der Waals surface area contributed by atoms with Crippen LogP contribution in [0.2, 0.25) is 0 Å². The van der Waals surface area contributed by atoms with Crippen LogP contribution in [0.1, 0.15) is 10.4 Å². The molecule has 2 atom stereocenters. The number of anilines is 1. The molecule has 0 aromatic heterocycles. The van der Waals surface area contributed by atoms with Gasteiger partial charge < -0.3 is 14.2 Å². The van der Waals surface area contributed by atoms with Gasteiger partial charge in [0.25, 0.3) is 0 Å². The number of rotatable bonds is 3. The Hall–Kier alpha value is -1.24. The molecule has 0 radical (unpaired) electrons. The van der Waals surface area contributed by atoms with Gasteiger partial charge in [-0.15, -0.1) is 0 Å². The minimum atomic E-state index is -2.22. The van der Waals surface area contributed by atoms with Crippen molar-refractivity contribution in [3.8, 4) is 0 Å². The molecule has 0 saturated carbocycles. The predicted octanol–water partition coefficient (Wildman–Crippen LogP) is 0.541. The standard InChI is InChI=1S/C11H13NO4S/c13-8-9-1-3-10(4-2-9)12-5-6-16-11(7-12)17(14)15/h1-4,8,11H,5-7H2,(H,14,15)/p-1/t11-/m1/s1. The van der Waals surface area contributed by atoms with Crippen molar-refractivity contribution in [2.45, 2.75) is 5.44 Å². The summed E-state index contributed by atoms with van der Waals surface area (Å²) in [6.45, 7) is 1.35. The molecule has 1 aromatic carbocycles. The summed E-state index contributed by atoms with van der Waals surface area (Å²) in [6, 6.07) is 7.03. The summed E-state index contributed by atoms with van der Waals surface area (Å²) in [5, 5.41) is 0. The molecule has 2 rings (SSSR count). The van der Waals surface area contributed by atoms with E-state index in [9.17, 15) is 13.6 Å². The number of hydrogen-bond acceptors (Lipinski definition) is 5. The summed E-state index contributed by atoms with van der Waals surface area (Å²) in [5.74, 6) is 0. The van der Waals surface area contributed by atoms with E-state index in [1.54, 1.807) is 24.3 Å². The molecular weight excluding hydrogens is 242 g/mol. The second-order valence-electron chi connectivity index (χ2n) is 3.72. The summed E-state index contributed by atoms with van der Waals surface area (Å²) in [6.07, 6.45) is 0.776. The molecule has 1 aliphatic heterocycles. The van der Waals surface area contributed by atoms with Gasteiger partial charge in [0, 0.05) is 17.8 Å². The first kappa shape index (κ1) is 12.2. The molecule has 6 heteroatoms. The van der Waals surface area contributed by atoms with Crippen molar-refractivity contribution < 1.29 is 18.3 Å². The fourth-order valence-corrected chi connectivity index (χ4v) is 2.24. The minimum absolute atomic E-state index is 0.316. The Morgan fingerprint density at radius 1 is 1.41 bits per heavy atom. The van der Waals surface area contributed by atoms with Gasteiger partial charge in [-0.3, -0.25) is 9.00 Å². The molecule has 0 aliphatic carbocycles. The average molecular weight is 254 g/mol. The molecule has 92 valence electrons. The molecule has 1 unspecified atom stereocenters. The van der Waals surface area contributed by atoms with Crippen molar-refractivity contribution >= 4 is 23.1 Å². The maximum absolute atomic E-state index is 10.8. The lowest BCUT2D eigenvalue weighted by Crippen LogP contribution is -2.44. The van der Waals surface area contributed by atoms with E-state index in [0.29, 0.717) is 25.3 Å². The van der Waals surface area contributed by atoms with Gasteiger partial charge in [-0.2, -0.15) is 0 Å². The molecule has 1 saturated heterocycles. The first-order valence-corrected chi connectivity index (χ1v) is 6.34. The zero-order chi connectivity index (χ0) is 12.3. The van der Waals surface area contributed by atoms with Gasteiger partial charge in [0.05, 0.1) is 13.2 Å². The van der Waals surface area contributed by atoms with E-state index < -0.39 is 16.5 Å². The smallest absolute Gasteiger partial charge is 0.150 e. The molecule has 0 amide bonds. The number of benzene rings is 1. The Morgan fingerprint density at radius 3 is 2.71 bits per heavy atom. The van der Waals surface area contributed by atoms with Gasteiger partial charge in [-0.25, -0.2) is 0 Å². The molecule has 0 N–H and O–H groups in total. The van der Waals surface area contributed by atoms with E-state index in [1.165, 1.54) is 0 Å². The Labute approximate surface area is 102 Å². The van der Waals surface area contributed by atoms with Crippen LogP contribution in [0.5, 0.6) is 0 Å².